The van der Waals surface area contributed by atoms with Crippen LogP contribution in [-0.4, -0.2) is 40.4 Å². The van der Waals surface area contributed by atoms with Crippen molar-refractivity contribution in [3.63, 3.8) is 0 Å². The van der Waals surface area contributed by atoms with Crippen molar-refractivity contribution in [3.8, 4) is 11.5 Å². The highest BCUT2D eigenvalue weighted by molar-refractivity contribution is 7.15. The number of anilines is 1. The van der Waals surface area contributed by atoms with Crippen LogP contribution in [0.3, 0.4) is 0 Å². The number of hydrogen-bond donors (Lipinski definition) is 3. The summed E-state index contributed by atoms with van der Waals surface area (Å²) >= 11 is 1.12. The van der Waals surface area contributed by atoms with E-state index in [9.17, 15) is 14.7 Å². The summed E-state index contributed by atoms with van der Waals surface area (Å²) in [4.78, 5) is 23.9. The first-order valence-electron chi connectivity index (χ1n) is 8.02. The Labute approximate surface area is 160 Å². The van der Waals surface area contributed by atoms with Crippen LogP contribution in [0.25, 0.3) is 0 Å². The van der Waals surface area contributed by atoms with E-state index in [0.29, 0.717) is 21.5 Å². The summed E-state index contributed by atoms with van der Waals surface area (Å²) < 4.78 is 5.00. The molecule has 144 valence electrons. The van der Waals surface area contributed by atoms with Gasteiger partial charge in [-0.15, -0.1) is 10.2 Å². The summed E-state index contributed by atoms with van der Waals surface area (Å²) in [5.74, 6) is -0.346. The Kier molecular flexibility index (Phi) is 6.45. The molecule has 0 atom stereocenters. The second-order valence-corrected chi connectivity index (χ2v) is 7.64. The first-order chi connectivity index (χ1) is 12.7. The minimum Gasteiger partial charge on any atom is -0.504 e. The van der Waals surface area contributed by atoms with Crippen molar-refractivity contribution < 1.29 is 19.4 Å². The molecule has 0 saturated carbocycles. The molecule has 0 unspecified atom stereocenters. The fourth-order valence-corrected chi connectivity index (χ4v) is 2.55. The number of benzene rings is 1. The SMILES string of the molecule is COc1cccc(/C=N\NC(=O)Cc2nnc(NC(=O)C(C)(C)C)s2)c1O. The van der Waals surface area contributed by atoms with Crippen LogP contribution in [-0.2, 0) is 16.0 Å². The number of nitrogens with one attached hydrogen (secondary N) is 2. The van der Waals surface area contributed by atoms with Gasteiger partial charge >= 0.3 is 0 Å². The van der Waals surface area contributed by atoms with Crippen LogP contribution in [0.4, 0.5) is 5.13 Å². The van der Waals surface area contributed by atoms with Gasteiger partial charge < -0.3 is 15.2 Å². The number of nitrogens with zero attached hydrogens (tertiary/aromatic N) is 3. The van der Waals surface area contributed by atoms with E-state index >= 15 is 0 Å². The highest BCUT2D eigenvalue weighted by atomic mass is 32.1. The number of rotatable bonds is 6. The van der Waals surface area contributed by atoms with Gasteiger partial charge in [-0.25, -0.2) is 5.43 Å². The van der Waals surface area contributed by atoms with E-state index in [1.807, 2.05) is 0 Å². The van der Waals surface area contributed by atoms with Crippen molar-refractivity contribution in [3.05, 3.63) is 28.8 Å². The van der Waals surface area contributed by atoms with Gasteiger partial charge in [0, 0.05) is 11.0 Å². The van der Waals surface area contributed by atoms with Gasteiger partial charge in [0.2, 0.25) is 16.9 Å². The van der Waals surface area contributed by atoms with Gasteiger partial charge in [-0.2, -0.15) is 5.10 Å². The highest BCUT2D eigenvalue weighted by Crippen LogP contribution is 2.27. The van der Waals surface area contributed by atoms with Gasteiger partial charge in [-0.05, 0) is 12.1 Å². The summed E-state index contributed by atoms with van der Waals surface area (Å²) in [5, 5.41) is 24.9. The Morgan fingerprint density at radius 2 is 2.07 bits per heavy atom. The second-order valence-electron chi connectivity index (χ2n) is 6.57. The number of hydrazone groups is 1. The number of ether oxygens (including phenoxy) is 1. The molecule has 0 fully saturated rings. The van der Waals surface area contributed by atoms with E-state index in [0.717, 1.165) is 11.3 Å². The van der Waals surface area contributed by atoms with Crippen LogP contribution in [0.2, 0.25) is 0 Å². The second kappa shape index (κ2) is 8.58. The molecule has 9 nitrogen and oxygen atoms in total. The number of aromatic nitrogens is 2. The predicted octanol–water partition coefficient (Wildman–Crippen LogP) is 1.93. The van der Waals surface area contributed by atoms with Crippen molar-refractivity contribution in [2.24, 2.45) is 10.5 Å². The molecule has 0 bridgehead atoms. The zero-order valence-corrected chi connectivity index (χ0v) is 16.3. The summed E-state index contributed by atoms with van der Waals surface area (Å²) in [6, 6.07) is 4.93. The zero-order valence-electron chi connectivity index (χ0n) is 15.4. The maximum atomic E-state index is 11.9. The predicted molar refractivity (Wildman–Crippen MR) is 102 cm³/mol. The molecular formula is C17H21N5O4S. The van der Waals surface area contributed by atoms with E-state index < -0.39 is 11.3 Å². The van der Waals surface area contributed by atoms with Gasteiger partial charge in [-0.3, -0.25) is 9.59 Å². The molecule has 0 saturated heterocycles. The zero-order chi connectivity index (χ0) is 20.0. The average Bonchev–Trinajstić information content (AvgIpc) is 3.02. The lowest BCUT2D eigenvalue weighted by Gasteiger charge is -2.15. The van der Waals surface area contributed by atoms with Crippen LogP contribution >= 0.6 is 11.3 Å². The van der Waals surface area contributed by atoms with E-state index in [-0.39, 0.29) is 18.1 Å². The Balaban J connectivity index is 1.90. The van der Waals surface area contributed by atoms with Crippen LogP contribution in [0, 0.1) is 5.41 Å². The molecule has 0 radical (unpaired) electrons. The number of methoxy groups -OCH3 is 1. The number of aromatic hydroxyl groups is 1. The molecule has 0 aliphatic heterocycles. The van der Waals surface area contributed by atoms with Crippen LogP contribution in [0.15, 0.2) is 23.3 Å². The molecule has 0 aliphatic carbocycles. The third-order valence-electron chi connectivity index (χ3n) is 3.32. The molecular weight excluding hydrogens is 370 g/mol. The van der Waals surface area contributed by atoms with Gasteiger partial charge in [0.05, 0.1) is 19.7 Å². The maximum absolute atomic E-state index is 11.9. The molecule has 3 N–H and O–H groups in total. The summed E-state index contributed by atoms with van der Waals surface area (Å²) in [6.07, 6.45) is 1.27. The van der Waals surface area contributed by atoms with Crippen molar-refractivity contribution in [2.75, 3.05) is 12.4 Å². The Morgan fingerprint density at radius 1 is 1.33 bits per heavy atom. The van der Waals surface area contributed by atoms with Crippen molar-refractivity contribution in [2.45, 2.75) is 27.2 Å². The fraction of sp³-hybridized carbons (Fsp3) is 0.353. The lowest BCUT2D eigenvalue weighted by molar-refractivity contribution is -0.123. The quantitative estimate of drug-likeness (QED) is 0.510. The topological polar surface area (TPSA) is 126 Å². The molecule has 10 heteroatoms. The number of phenols is 1. The fourth-order valence-electron chi connectivity index (χ4n) is 1.82. The molecule has 1 aromatic heterocycles. The molecule has 2 rings (SSSR count). The molecule has 2 amide bonds. The third-order valence-corrected chi connectivity index (χ3v) is 4.16. The normalized spacial score (nSPS) is 11.4. The van der Waals surface area contributed by atoms with E-state index in [1.165, 1.54) is 13.3 Å². The number of carbonyl (C=O) groups excluding carboxylic acids is 2. The Bertz CT molecular complexity index is 857. The molecule has 0 aliphatic rings. The molecule has 0 spiro atoms. The summed E-state index contributed by atoms with van der Waals surface area (Å²) in [5.41, 5.74) is 2.20. The number of amides is 2. The number of para-hydroxylation sites is 1. The van der Waals surface area contributed by atoms with Gasteiger partial charge in [-0.1, -0.05) is 38.2 Å². The Morgan fingerprint density at radius 3 is 2.74 bits per heavy atom. The highest BCUT2D eigenvalue weighted by Gasteiger charge is 2.22. The van der Waals surface area contributed by atoms with E-state index in [1.54, 1.807) is 39.0 Å². The van der Waals surface area contributed by atoms with Crippen LogP contribution in [0.5, 0.6) is 11.5 Å². The van der Waals surface area contributed by atoms with Crippen LogP contribution in [0.1, 0.15) is 31.3 Å². The van der Waals surface area contributed by atoms with Gasteiger partial charge in [0.15, 0.2) is 11.5 Å². The van der Waals surface area contributed by atoms with Gasteiger partial charge in [0.1, 0.15) is 5.01 Å². The number of phenolic OH excluding ortho intramolecular Hbond substituents is 1. The number of carbonyl (C=O) groups is 2. The smallest absolute Gasteiger partial charge is 0.247 e. The molecule has 1 heterocycles. The maximum Gasteiger partial charge on any atom is 0.247 e. The first-order valence-corrected chi connectivity index (χ1v) is 8.84. The van der Waals surface area contributed by atoms with E-state index in [4.69, 9.17) is 4.74 Å². The van der Waals surface area contributed by atoms with Crippen molar-refractivity contribution in [1.82, 2.24) is 15.6 Å². The standard InChI is InChI=1S/C17H21N5O4S/c1-17(2,3)15(25)19-16-22-21-13(27-16)8-12(23)20-18-9-10-6-5-7-11(26-4)14(10)24/h5-7,9,24H,8H2,1-4H3,(H,20,23)(H,19,22,25)/b18-9-. The monoisotopic (exact) mass is 391 g/mol. The molecule has 27 heavy (non-hydrogen) atoms. The largest absolute Gasteiger partial charge is 0.504 e. The minimum atomic E-state index is -0.552. The third kappa shape index (κ3) is 5.74. The van der Waals surface area contributed by atoms with Crippen LogP contribution < -0.4 is 15.5 Å². The lowest BCUT2D eigenvalue weighted by atomic mass is 9.96. The minimum absolute atomic E-state index is 0.0372. The summed E-state index contributed by atoms with van der Waals surface area (Å²) in [7, 11) is 1.44. The average molecular weight is 391 g/mol. The Hall–Kier alpha value is -3.01. The van der Waals surface area contributed by atoms with Gasteiger partial charge in [0.25, 0.3) is 0 Å². The molecule has 1 aromatic carbocycles. The van der Waals surface area contributed by atoms with Crippen molar-refractivity contribution >= 4 is 34.5 Å². The first kappa shape index (κ1) is 20.3. The lowest BCUT2D eigenvalue weighted by Crippen LogP contribution is -2.27. The number of hydrogen-bond acceptors (Lipinski definition) is 8. The van der Waals surface area contributed by atoms with Crippen molar-refractivity contribution in [1.29, 1.82) is 0 Å². The van der Waals surface area contributed by atoms with E-state index in [2.05, 4.69) is 26.0 Å². The summed E-state index contributed by atoms with van der Waals surface area (Å²) in [6.45, 7) is 5.36. The molecule has 2 aromatic rings.